The van der Waals surface area contributed by atoms with Crippen molar-refractivity contribution in [2.24, 2.45) is 0 Å². The van der Waals surface area contributed by atoms with Crippen molar-refractivity contribution < 1.29 is 14.7 Å². The third-order valence-electron chi connectivity index (χ3n) is 3.61. The number of carboxylic acids is 1. The highest BCUT2D eigenvalue weighted by Gasteiger charge is 2.26. The Balaban J connectivity index is 2.94. The molecule has 1 aromatic heterocycles. The van der Waals surface area contributed by atoms with Crippen LogP contribution in [-0.4, -0.2) is 27.5 Å². The van der Waals surface area contributed by atoms with Gasteiger partial charge in [0.25, 0.3) is 5.91 Å². The van der Waals surface area contributed by atoms with Crippen LogP contribution in [0.25, 0.3) is 0 Å². The van der Waals surface area contributed by atoms with Crippen molar-refractivity contribution in [3.63, 3.8) is 0 Å². The Morgan fingerprint density at radius 3 is 2.16 bits per heavy atom. The van der Waals surface area contributed by atoms with Crippen LogP contribution in [0.3, 0.4) is 0 Å². The van der Waals surface area contributed by atoms with E-state index >= 15 is 0 Å². The van der Waals surface area contributed by atoms with Gasteiger partial charge in [-0.05, 0) is 31.4 Å². The van der Waals surface area contributed by atoms with Crippen molar-refractivity contribution in [1.29, 1.82) is 0 Å². The maximum absolute atomic E-state index is 12.1. The lowest BCUT2D eigenvalue weighted by atomic mass is 9.89. The third-order valence-corrected chi connectivity index (χ3v) is 3.61. The van der Waals surface area contributed by atoms with Crippen LogP contribution in [0, 0.1) is 0 Å². The molecule has 0 fully saturated rings. The van der Waals surface area contributed by atoms with E-state index in [2.05, 4.69) is 10.3 Å². The molecule has 0 unspecified atom stereocenters. The molecule has 0 saturated carbocycles. The highest BCUT2D eigenvalue weighted by molar-refractivity contribution is 5.94. The number of amides is 1. The number of hydrogen-bond acceptors (Lipinski definition) is 3. The first kappa shape index (κ1) is 15.1. The molecule has 0 aromatic carbocycles. The first-order chi connectivity index (χ1) is 8.98. The van der Waals surface area contributed by atoms with Crippen molar-refractivity contribution in [2.45, 2.75) is 45.6 Å². The molecule has 0 aliphatic rings. The van der Waals surface area contributed by atoms with Gasteiger partial charge >= 0.3 is 5.97 Å². The number of rotatable bonds is 6. The lowest BCUT2D eigenvalue weighted by molar-refractivity contribution is 0.0690. The van der Waals surface area contributed by atoms with Gasteiger partial charge in [-0.3, -0.25) is 4.79 Å². The smallest absolute Gasteiger partial charge is 0.354 e. The maximum Gasteiger partial charge on any atom is 0.354 e. The molecule has 104 valence electrons. The van der Waals surface area contributed by atoms with Crippen molar-refractivity contribution in [3.05, 3.63) is 29.6 Å². The van der Waals surface area contributed by atoms with Crippen molar-refractivity contribution >= 4 is 11.9 Å². The molecule has 0 aliphatic carbocycles. The number of hydrogen-bond donors (Lipinski definition) is 2. The van der Waals surface area contributed by atoms with Crippen molar-refractivity contribution in [3.8, 4) is 0 Å². The molecule has 1 amide bonds. The van der Waals surface area contributed by atoms with Gasteiger partial charge in [-0.1, -0.05) is 26.8 Å². The number of nitrogens with zero attached hydrogens (tertiary/aromatic N) is 1. The first-order valence-electron chi connectivity index (χ1n) is 6.51. The van der Waals surface area contributed by atoms with E-state index in [1.165, 1.54) is 18.2 Å². The molecular weight excluding hydrogens is 244 g/mol. The Hall–Kier alpha value is -1.91. The molecule has 0 radical (unpaired) electrons. The summed E-state index contributed by atoms with van der Waals surface area (Å²) in [7, 11) is 0. The van der Waals surface area contributed by atoms with Gasteiger partial charge in [-0.25, -0.2) is 9.78 Å². The third kappa shape index (κ3) is 3.53. The molecule has 5 heteroatoms. The summed E-state index contributed by atoms with van der Waals surface area (Å²) in [4.78, 5) is 26.8. The molecule has 0 aliphatic heterocycles. The number of aromatic nitrogens is 1. The Bertz CT molecular complexity index is 459. The minimum absolute atomic E-state index is 0.122. The van der Waals surface area contributed by atoms with E-state index < -0.39 is 5.97 Å². The quantitative estimate of drug-likeness (QED) is 0.827. The lowest BCUT2D eigenvalue weighted by Gasteiger charge is -2.31. The number of pyridine rings is 1. The van der Waals surface area contributed by atoms with E-state index in [-0.39, 0.29) is 22.8 Å². The second-order valence-corrected chi connectivity index (χ2v) is 4.51. The summed E-state index contributed by atoms with van der Waals surface area (Å²) in [5.41, 5.74) is -0.236. The van der Waals surface area contributed by atoms with Crippen molar-refractivity contribution in [2.75, 3.05) is 0 Å². The van der Waals surface area contributed by atoms with Crippen LogP contribution >= 0.6 is 0 Å². The average molecular weight is 264 g/mol. The van der Waals surface area contributed by atoms with E-state index in [1.807, 2.05) is 20.8 Å². The Kier molecular flexibility index (Phi) is 5.03. The number of carbonyl (C=O) groups is 2. The second kappa shape index (κ2) is 6.31. The molecule has 19 heavy (non-hydrogen) atoms. The highest BCUT2D eigenvalue weighted by Crippen LogP contribution is 2.19. The molecule has 0 bridgehead atoms. The summed E-state index contributed by atoms with van der Waals surface area (Å²) >= 11 is 0. The van der Waals surface area contributed by atoms with Crippen LogP contribution < -0.4 is 5.32 Å². The van der Waals surface area contributed by atoms with E-state index in [4.69, 9.17) is 5.11 Å². The molecule has 1 heterocycles. The summed E-state index contributed by atoms with van der Waals surface area (Å²) < 4.78 is 0. The van der Waals surface area contributed by atoms with Gasteiger partial charge in [-0.2, -0.15) is 0 Å². The minimum Gasteiger partial charge on any atom is -0.477 e. The second-order valence-electron chi connectivity index (χ2n) is 4.51. The van der Waals surface area contributed by atoms with E-state index in [1.54, 1.807) is 0 Å². The molecule has 1 aromatic rings. The SMILES string of the molecule is CCC(CC)(CC)NC(=O)c1cccc(C(=O)O)n1. The van der Waals surface area contributed by atoms with Gasteiger partial charge in [-0.15, -0.1) is 0 Å². The van der Waals surface area contributed by atoms with Gasteiger partial charge in [0.05, 0.1) is 0 Å². The average Bonchev–Trinajstić information content (AvgIpc) is 2.45. The van der Waals surface area contributed by atoms with E-state index in [0.29, 0.717) is 0 Å². The zero-order chi connectivity index (χ0) is 14.5. The fraction of sp³-hybridized carbons (Fsp3) is 0.500. The van der Waals surface area contributed by atoms with Gasteiger partial charge in [0.1, 0.15) is 11.4 Å². The van der Waals surface area contributed by atoms with Crippen LogP contribution in [0.1, 0.15) is 61.0 Å². The predicted octanol–water partition coefficient (Wildman–Crippen LogP) is 2.48. The van der Waals surface area contributed by atoms with Crippen LogP contribution in [0.2, 0.25) is 0 Å². The predicted molar refractivity (Wildman–Crippen MR) is 72.3 cm³/mol. The summed E-state index contributed by atoms with van der Waals surface area (Å²) in [6, 6.07) is 4.41. The Morgan fingerprint density at radius 1 is 1.16 bits per heavy atom. The molecule has 1 rings (SSSR count). The van der Waals surface area contributed by atoms with Crippen LogP contribution in [0.5, 0.6) is 0 Å². The van der Waals surface area contributed by atoms with Gasteiger partial charge in [0.2, 0.25) is 0 Å². The van der Waals surface area contributed by atoms with Crippen LogP contribution in [-0.2, 0) is 0 Å². The monoisotopic (exact) mass is 264 g/mol. The summed E-state index contributed by atoms with van der Waals surface area (Å²) in [5, 5.41) is 11.8. The van der Waals surface area contributed by atoms with Crippen molar-refractivity contribution in [1.82, 2.24) is 10.3 Å². The van der Waals surface area contributed by atoms with Gasteiger partial charge < -0.3 is 10.4 Å². The van der Waals surface area contributed by atoms with Crippen LogP contribution in [0.4, 0.5) is 0 Å². The minimum atomic E-state index is -1.14. The fourth-order valence-corrected chi connectivity index (χ4v) is 2.00. The standard InChI is InChI=1S/C14H20N2O3/c1-4-14(5-2,6-3)16-12(17)10-8-7-9-11(15-10)13(18)19/h7-9H,4-6H2,1-3H3,(H,16,17)(H,18,19). The molecular formula is C14H20N2O3. The lowest BCUT2D eigenvalue weighted by Crippen LogP contribution is -2.47. The number of carboxylic acid groups (broad SMARTS) is 1. The largest absolute Gasteiger partial charge is 0.477 e. The Labute approximate surface area is 113 Å². The summed E-state index contributed by atoms with van der Waals surface area (Å²) in [5.74, 6) is -1.46. The first-order valence-corrected chi connectivity index (χ1v) is 6.51. The maximum atomic E-state index is 12.1. The molecule has 2 N–H and O–H groups in total. The van der Waals surface area contributed by atoms with Gasteiger partial charge in [0, 0.05) is 5.54 Å². The molecule has 0 saturated heterocycles. The summed E-state index contributed by atoms with van der Waals surface area (Å²) in [6.07, 6.45) is 2.47. The van der Waals surface area contributed by atoms with Gasteiger partial charge in [0.15, 0.2) is 0 Å². The van der Waals surface area contributed by atoms with E-state index in [9.17, 15) is 9.59 Å². The Morgan fingerprint density at radius 2 is 1.68 bits per heavy atom. The molecule has 0 spiro atoms. The zero-order valence-electron chi connectivity index (χ0n) is 11.6. The summed E-state index contributed by atoms with van der Waals surface area (Å²) in [6.45, 7) is 6.07. The number of aromatic carboxylic acids is 1. The highest BCUT2D eigenvalue weighted by atomic mass is 16.4. The topological polar surface area (TPSA) is 79.3 Å². The zero-order valence-corrected chi connectivity index (χ0v) is 11.6. The van der Waals surface area contributed by atoms with Crippen LogP contribution in [0.15, 0.2) is 18.2 Å². The molecule has 5 nitrogen and oxygen atoms in total. The fourth-order valence-electron chi connectivity index (χ4n) is 2.00. The number of carbonyl (C=O) groups excluding carboxylic acids is 1. The number of nitrogens with one attached hydrogen (secondary N) is 1. The van der Waals surface area contributed by atoms with E-state index in [0.717, 1.165) is 19.3 Å². The molecule has 0 atom stereocenters. The normalized spacial score (nSPS) is 11.1.